The molecule has 1 aliphatic rings. The highest BCUT2D eigenvalue weighted by Crippen LogP contribution is 2.29. The molecule has 1 aliphatic carbocycles. The number of hydrogen-bond donors (Lipinski definition) is 2. The Labute approximate surface area is 92.8 Å². The number of carbonyl (C=O) groups excluding carboxylic acids is 1. The Morgan fingerprint density at radius 3 is 2.40 bits per heavy atom. The average molecular weight is 212 g/mol. The zero-order valence-electron chi connectivity index (χ0n) is 10.1. The van der Waals surface area contributed by atoms with E-state index >= 15 is 0 Å². The minimum Gasteiger partial charge on any atom is -0.352 e. The molecule has 0 saturated heterocycles. The van der Waals surface area contributed by atoms with Crippen LogP contribution in [0.4, 0.5) is 0 Å². The highest BCUT2D eigenvalue weighted by molar-refractivity contribution is 5.81. The molecule has 0 aliphatic heterocycles. The van der Waals surface area contributed by atoms with Crippen LogP contribution in [-0.2, 0) is 4.79 Å². The van der Waals surface area contributed by atoms with E-state index in [-0.39, 0.29) is 11.9 Å². The predicted molar refractivity (Wildman–Crippen MR) is 62.4 cm³/mol. The van der Waals surface area contributed by atoms with Crippen molar-refractivity contribution in [3.63, 3.8) is 0 Å². The quantitative estimate of drug-likeness (QED) is 0.728. The fourth-order valence-corrected chi connectivity index (χ4v) is 2.00. The van der Waals surface area contributed by atoms with Gasteiger partial charge in [0.05, 0.1) is 6.04 Å². The largest absolute Gasteiger partial charge is 0.352 e. The van der Waals surface area contributed by atoms with Gasteiger partial charge in [0.2, 0.25) is 5.91 Å². The highest BCUT2D eigenvalue weighted by Gasteiger charge is 2.26. The van der Waals surface area contributed by atoms with E-state index < -0.39 is 0 Å². The van der Waals surface area contributed by atoms with Gasteiger partial charge >= 0.3 is 0 Å². The summed E-state index contributed by atoms with van der Waals surface area (Å²) in [6.07, 6.45) is 4.58. The first-order valence-corrected chi connectivity index (χ1v) is 6.06. The molecule has 2 unspecified atom stereocenters. The van der Waals surface area contributed by atoms with Crippen molar-refractivity contribution in [1.29, 1.82) is 0 Å². The van der Waals surface area contributed by atoms with E-state index in [9.17, 15) is 4.79 Å². The summed E-state index contributed by atoms with van der Waals surface area (Å²) >= 11 is 0. The first kappa shape index (κ1) is 12.5. The van der Waals surface area contributed by atoms with Crippen LogP contribution in [0, 0.1) is 11.8 Å². The minimum absolute atomic E-state index is 0.0168. The third-order valence-electron chi connectivity index (χ3n) is 3.29. The maximum atomic E-state index is 11.7. The molecule has 0 aromatic rings. The molecule has 2 atom stereocenters. The van der Waals surface area contributed by atoms with Crippen molar-refractivity contribution in [2.24, 2.45) is 17.6 Å². The van der Waals surface area contributed by atoms with E-state index in [0.717, 1.165) is 6.42 Å². The van der Waals surface area contributed by atoms with Crippen molar-refractivity contribution in [3.8, 4) is 0 Å². The minimum atomic E-state index is -0.340. The molecule has 15 heavy (non-hydrogen) atoms. The number of amides is 1. The Bertz CT molecular complexity index is 212. The first-order chi connectivity index (χ1) is 7.00. The summed E-state index contributed by atoms with van der Waals surface area (Å²) in [4.78, 5) is 11.7. The fraction of sp³-hybridized carbons (Fsp3) is 0.917. The Kier molecular flexibility index (Phi) is 4.58. The summed E-state index contributed by atoms with van der Waals surface area (Å²) in [5, 5.41) is 3.02. The highest BCUT2D eigenvalue weighted by atomic mass is 16.2. The van der Waals surface area contributed by atoms with Crippen LogP contribution in [0.3, 0.4) is 0 Å². The van der Waals surface area contributed by atoms with Crippen LogP contribution >= 0.6 is 0 Å². The molecule has 0 spiro atoms. The first-order valence-electron chi connectivity index (χ1n) is 6.06. The second-order valence-electron chi connectivity index (χ2n) is 5.22. The molecule has 3 N–H and O–H groups in total. The lowest BCUT2D eigenvalue weighted by atomic mass is 9.80. The smallest absolute Gasteiger partial charge is 0.237 e. The van der Waals surface area contributed by atoms with Crippen molar-refractivity contribution in [1.82, 2.24) is 5.32 Å². The van der Waals surface area contributed by atoms with Crippen molar-refractivity contribution in [3.05, 3.63) is 0 Å². The molecular weight excluding hydrogens is 188 g/mol. The van der Waals surface area contributed by atoms with Crippen molar-refractivity contribution in [2.75, 3.05) is 0 Å². The zero-order valence-corrected chi connectivity index (χ0v) is 10.1. The molecule has 0 bridgehead atoms. The summed E-state index contributed by atoms with van der Waals surface area (Å²) < 4.78 is 0. The molecular formula is C12H24N2O. The molecule has 0 heterocycles. The van der Waals surface area contributed by atoms with Gasteiger partial charge in [-0.05, 0) is 38.0 Å². The standard InChI is InChI=1S/C12H24N2O/c1-8(2)7-11(13)12(15)14-9(3)10-5-4-6-10/h8-11H,4-7,13H2,1-3H3,(H,14,15). The molecule has 1 amide bonds. The van der Waals surface area contributed by atoms with E-state index in [2.05, 4.69) is 26.1 Å². The normalized spacial score (nSPS) is 20.9. The molecule has 1 rings (SSSR count). The topological polar surface area (TPSA) is 55.1 Å². The fourth-order valence-electron chi connectivity index (χ4n) is 2.00. The van der Waals surface area contributed by atoms with Crippen LogP contribution in [-0.4, -0.2) is 18.0 Å². The van der Waals surface area contributed by atoms with Gasteiger partial charge in [-0.25, -0.2) is 0 Å². The number of nitrogens with two attached hydrogens (primary N) is 1. The van der Waals surface area contributed by atoms with Crippen LogP contribution in [0.1, 0.15) is 46.5 Å². The number of hydrogen-bond acceptors (Lipinski definition) is 2. The van der Waals surface area contributed by atoms with Gasteiger partial charge in [0.15, 0.2) is 0 Å². The van der Waals surface area contributed by atoms with Crippen LogP contribution < -0.4 is 11.1 Å². The average Bonchev–Trinajstić information content (AvgIpc) is 1.98. The summed E-state index contributed by atoms with van der Waals surface area (Å²) in [7, 11) is 0. The van der Waals surface area contributed by atoms with Gasteiger partial charge in [-0.1, -0.05) is 20.3 Å². The third kappa shape index (κ3) is 3.82. The molecule has 1 saturated carbocycles. The van der Waals surface area contributed by atoms with Gasteiger partial charge in [-0.2, -0.15) is 0 Å². The second kappa shape index (κ2) is 5.50. The third-order valence-corrected chi connectivity index (χ3v) is 3.29. The van der Waals surface area contributed by atoms with Crippen molar-refractivity contribution >= 4 is 5.91 Å². The molecule has 0 aromatic heterocycles. The molecule has 1 fully saturated rings. The molecule has 0 radical (unpaired) electrons. The Hall–Kier alpha value is -0.570. The van der Waals surface area contributed by atoms with Gasteiger partial charge in [0.1, 0.15) is 0 Å². The maximum Gasteiger partial charge on any atom is 0.237 e. The van der Waals surface area contributed by atoms with Gasteiger partial charge in [-0.15, -0.1) is 0 Å². The van der Waals surface area contributed by atoms with Crippen LogP contribution in [0.2, 0.25) is 0 Å². The number of rotatable bonds is 5. The zero-order chi connectivity index (χ0) is 11.4. The lowest BCUT2D eigenvalue weighted by molar-refractivity contribution is -0.123. The SMILES string of the molecule is CC(C)CC(N)C(=O)NC(C)C1CCC1. The van der Waals surface area contributed by atoms with Gasteiger partial charge in [-0.3, -0.25) is 4.79 Å². The summed E-state index contributed by atoms with van der Waals surface area (Å²) in [5.41, 5.74) is 5.81. The summed E-state index contributed by atoms with van der Waals surface area (Å²) in [5.74, 6) is 1.17. The summed E-state index contributed by atoms with van der Waals surface area (Å²) in [6.45, 7) is 6.26. The number of nitrogens with one attached hydrogen (secondary N) is 1. The van der Waals surface area contributed by atoms with Crippen LogP contribution in [0.25, 0.3) is 0 Å². The van der Waals surface area contributed by atoms with E-state index in [4.69, 9.17) is 5.73 Å². The van der Waals surface area contributed by atoms with Crippen LogP contribution in [0.15, 0.2) is 0 Å². The van der Waals surface area contributed by atoms with Crippen molar-refractivity contribution < 1.29 is 4.79 Å². The van der Waals surface area contributed by atoms with Gasteiger partial charge in [0, 0.05) is 6.04 Å². The van der Waals surface area contributed by atoms with Crippen LogP contribution in [0.5, 0.6) is 0 Å². The molecule has 88 valence electrons. The van der Waals surface area contributed by atoms with E-state index in [0.29, 0.717) is 17.9 Å². The predicted octanol–water partition coefficient (Wildman–Crippen LogP) is 1.66. The maximum absolute atomic E-state index is 11.7. The Morgan fingerprint density at radius 1 is 1.40 bits per heavy atom. The van der Waals surface area contributed by atoms with E-state index in [1.54, 1.807) is 0 Å². The monoisotopic (exact) mass is 212 g/mol. The van der Waals surface area contributed by atoms with E-state index in [1.807, 2.05) is 0 Å². The Morgan fingerprint density at radius 2 is 2.00 bits per heavy atom. The number of carbonyl (C=O) groups is 1. The second-order valence-corrected chi connectivity index (χ2v) is 5.22. The van der Waals surface area contributed by atoms with E-state index in [1.165, 1.54) is 19.3 Å². The van der Waals surface area contributed by atoms with Crippen molar-refractivity contribution in [2.45, 2.75) is 58.5 Å². The summed E-state index contributed by atoms with van der Waals surface area (Å²) in [6, 6.07) is -0.0445. The lowest BCUT2D eigenvalue weighted by Gasteiger charge is -2.32. The lowest BCUT2D eigenvalue weighted by Crippen LogP contribution is -2.48. The molecule has 3 heteroatoms. The van der Waals surface area contributed by atoms with Gasteiger partial charge in [0.25, 0.3) is 0 Å². The van der Waals surface area contributed by atoms with Gasteiger partial charge < -0.3 is 11.1 Å². The Balaban J connectivity index is 2.27. The molecule has 3 nitrogen and oxygen atoms in total. The molecule has 0 aromatic carbocycles.